The van der Waals surface area contributed by atoms with Crippen molar-refractivity contribution in [2.24, 2.45) is 22.2 Å². The predicted molar refractivity (Wildman–Crippen MR) is 134 cm³/mol. The van der Waals surface area contributed by atoms with Crippen LogP contribution in [0.25, 0.3) is 0 Å². The highest BCUT2D eigenvalue weighted by molar-refractivity contribution is 6.01. The van der Waals surface area contributed by atoms with Crippen molar-refractivity contribution >= 4 is 17.7 Å². The minimum absolute atomic E-state index is 0.197. The van der Waals surface area contributed by atoms with Crippen molar-refractivity contribution in [3.05, 3.63) is 35.3 Å². The topological polar surface area (TPSA) is 173 Å². The van der Waals surface area contributed by atoms with Gasteiger partial charge >= 0.3 is 11.9 Å². The fourth-order valence-electron chi connectivity index (χ4n) is 7.49. The first-order valence-corrected chi connectivity index (χ1v) is 12.9. The standard InChI is InChI=1S/C28H38O11/c1-13-15(10-17(29)36-6)26(4,20(32)14-8-9-38-12-14)23(34)28(13)24(35)27(5)16(11-18(30)37-7)25(2,3)21(33)19(31)22(27)39-28/h8-9,12,16,19-23,31-34H,10-11H2,1-7H3/t16-,19-,20-,21+,22-,23-,26+,27+,28+/m0/s1. The van der Waals surface area contributed by atoms with Gasteiger partial charge in [-0.15, -0.1) is 0 Å². The molecule has 0 aromatic carbocycles. The molecule has 1 aromatic rings. The van der Waals surface area contributed by atoms with Crippen molar-refractivity contribution in [1.82, 2.24) is 0 Å². The summed E-state index contributed by atoms with van der Waals surface area (Å²) in [7, 11) is 2.42. The lowest BCUT2D eigenvalue weighted by Crippen LogP contribution is -2.65. The molecule has 3 aliphatic rings. The number of fused-ring (bicyclic) bond motifs is 1. The summed E-state index contributed by atoms with van der Waals surface area (Å²) in [5, 5.41) is 45.9. The molecule has 0 unspecified atom stereocenters. The molecule has 9 atom stereocenters. The number of carbonyl (C=O) groups is 3. The summed E-state index contributed by atoms with van der Waals surface area (Å²) >= 11 is 0. The molecule has 11 heteroatoms. The highest BCUT2D eigenvalue weighted by Crippen LogP contribution is 2.66. The smallest absolute Gasteiger partial charge is 0.309 e. The summed E-state index contributed by atoms with van der Waals surface area (Å²) in [5.41, 5.74) is -5.69. The number of ketones is 1. The van der Waals surface area contributed by atoms with Crippen LogP contribution in [0.1, 0.15) is 59.1 Å². The van der Waals surface area contributed by atoms with Crippen LogP contribution in [0.5, 0.6) is 0 Å². The molecule has 39 heavy (non-hydrogen) atoms. The third-order valence-corrected chi connectivity index (χ3v) is 9.94. The maximum Gasteiger partial charge on any atom is 0.309 e. The van der Waals surface area contributed by atoms with Gasteiger partial charge < -0.3 is 39.1 Å². The third-order valence-electron chi connectivity index (χ3n) is 9.94. The second kappa shape index (κ2) is 9.52. The first-order chi connectivity index (χ1) is 18.1. The van der Waals surface area contributed by atoms with Gasteiger partial charge in [-0.2, -0.15) is 0 Å². The molecule has 4 rings (SSSR count). The molecule has 2 heterocycles. The molecular weight excluding hydrogens is 512 g/mol. The van der Waals surface area contributed by atoms with Gasteiger partial charge in [-0.25, -0.2) is 0 Å². The Morgan fingerprint density at radius 1 is 1.08 bits per heavy atom. The van der Waals surface area contributed by atoms with E-state index in [0.29, 0.717) is 5.56 Å². The van der Waals surface area contributed by atoms with Crippen LogP contribution in [-0.2, 0) is 28.6 Å². The Bertz CT molecular complexity index is 1190. The maximum absolute atomic E-state index is 14.7. The number of esters is 2. The summed E-state index contributed by atoms with van der Waals surface area (Å²) in [6.45, 7) is 7.92. The monoisotopic (exact) mass is 550 g/mol. The molecule has 2 fully saturated rings. The molecule has 0 amide bonds. The number of ether oxygens (including phenoxy) is 3. The summed E-state index contributed by atoms with van der Waals surface area (Å²) < 4.78 is 21.3. The number of aliphatic hydroxyl groups excluding tert-OH is 4. The number of methoxy groups -OCH3 is 2. The Labute approximate surface area is 226 Å². The maximum atomic E-state index is 14.7. The van der Waals surface area contributed by atoms with E-state index in [1.165, 1.54) is 46.7 Å². The van der Waals surface area contributed by atoms with Crippen LogP contribution in [0.2, 0.25) is 0 Å². The number of aliphatic hydroxyl groups is 4. The number of hydrogen-bond acceptors (Lipinski definition) is 11. The van der Waals surface area contributed by atoms with Gasteiger partial charge in [0.1, 0.15) is 18.3 Å². The molecule has 216 valence electrons. The zero-order valence-electron chi connectivity index (χ0n) is 23.3. The Balaban J connectivity index is 1.94. The molecule has 1 saturated carbocycles. The van der Waals surface area contributed by atoms with Gasteiger partial charge in [0.05, 0.1) is 50.8 Å². The minimum Gasteiger partial charge on any atom is -0.472 e. The van der Waals surface area contributed by atoms with Crippen molar-refractivity contribution in [2.75, 3.05) is 14.2 Å². The van der Waals surface area contributed by atoms with Crippen LogP contribution in [-0.4, -0.2) is 82.4 Å². The minimum atomic E-state index is -2.10. The summed E-state index contributed by atoms with van der Waals surface area (Å²) in [6, 6.07) is 1.51. The first kappa shape index (κ1) is 29.4. The average molecular weight is 551 g/mol. The predicted octanol–water partition coefficient (Wildman–Crippen LogP) is 1.23. The molecule has 11 nitrogen and oxygen atoms in total. The van der Waals surface area contributed by atoms with E-state index in [4.69, 9.17) is 18.6 Å². The highest BCUT2D eigenvalue weighted by atomic mass is 16.6. The third kappa shape index (κ3) is 3.70. The first-order valence-electron chi connectivity index (χ1n) is 12.9. The van der Waals surface area contributed by atoms with Crippen molar-refractivity contribution in [2.45, 2.75) is 83.6 Å². The second-order valence-corrected chi connectivity index (χ2v) is 12.0. The van der Waals surface area contributed by atoms with Gasteiger partial charge in [-0.3, -0.25) is 14.4 Å². The van der Waals surface area contributed by atoms with Gasteiger partial charge in [0.15, 0.2) is 11.4 Å². The number of hydrogen-bond donors (Lipinski definition) is 4. The normalized spacial score (nSPS) is 40.1. The lowest BCUT2D eigenvalue weighted by Gasteiger charge is -2.54. The van der Waals surface area contributed by atoms with Crippen LogP contribution >= 0.6 is 0 Å². The van der Waals surface area contributed by atoms with E-state index in [2.05, 4.69) is 0 Å². The van der Waals surface area contributed by atoms with E-state index in [-0.39, 0.29) is 24.0 Å². The molecule has 4 N–H and O–H groups in total. The van der Waals surface area contributed by atoms with E-state index in [1.54, 1.807) is 20.8 Å². The summed E-state index contributed by atoms with van der Waals surface area (Å²) in [4.78, 5) is 39.8. The van der Waals surface area contributed by atoms with Gasteiger partial charge in [0.25, 0.3) is 0 Å². The van der Waals surface area contributed by atoms with E-state index in [1.807, 2.05) is 0 Å². The van der Waals surface area contributed by atoms with E-state index < -0.39 is 76.0 Å². The fourth-order valence-corrected chi connectivity index (χ4v) is 7.49. The molecule has 1 aromatic heterocycles. The fraction of sp³-hybridized carbons (Fsp3) is 0.679. The number of rotatable bonds is 6. The lowest BCUT2D eigenvalue weighted by molar-refractivity contribution is -0.225. The largest absolute Gasteiger partial charge is 0.472 e. The van der Waals surface area contributed by atoms with Crippen LogP contribution in [0.15, 0.2) is 34.2 Å². The Kier molecular flexibility index (Phi) is 7.18. The Hall–Kier alpha value is -2.57. The molecule has 2 aliphatic carbocycles. The molecule has 1 saturated heterocycles. The zero-order chi connectivity index (χ0) is 29.3. The molecule has 1 spiro atoms. The Morgan fingerprint density at radius 3 is 2.23 bits per heavy atom. The molecule has 1 aliphatic heterocycles. The lowest BCUT2D eigenvalue weighted by atomic mass is 9.50. The Morgan fingerprint density at radius 2 is 1.69 bits per heavy atom. The van der Waals surface area contributed by atoms with Crippen LogP contribution in [0.4, 0.5) is 0 Å². The average Bonchev–Trinajstić information content (AvgIpc) is 3.56. The highest BCUT2D eigenvalue weighted by Gasteiger charge is 2.78. The van der Waals surface area contributed by atoms with Crippen LogP contribution in [0.3, 0.4) is 0 Å². The van der Waals surface area contributed by atoms with Crippen LogP contribution in [0, 0.1) is 22.2 Å². The van der Waals surface area contributed by atoms with Crippen molar-refractivity contribution in [1.29, 1.82) is 0 Å². The number of furan rings is 1. The van der Waals surface area contributed by atoms with E-state index in [9.17, 15) is 34.8 Å². The number of Topliss-reactive ketones (excluding diaryl/α,β-unsaturated/α-hetero) is 1. The summed E-state index contributed by atoms with van der Waals surface area (Å²) in [6.07, 6.45) is -5.36. The zero-order valence-corrected chi connectivity index (χ0v) is 23.3. The van der Waals surface area contributed by atoms with Gasteiger partial charge in [-0.05, 0) is 42.4 Å². The van der Waals surface area contributed by atoms with Gasteiger partial charge in [0, 0.05) is 17.4 Å². The van der Waals surface area contributed by atoms with Gasteiger partial charge in [0.2, 0.25) is 0 Å². The van der Waals surface area contributed by atoms with E-state index >= 15 is 0 Å². The quantitative estimate of drug-likeness (QED) is 0.296. The summed E-state index contributed by atoms with van der Waals surface area (Å²) in [5.74, 6) is -2.75. The molecule has 0 bridgehead atoms. The SMILES string of the molecule is COC(=O)CC1=C(C)[C@@]2(O[C@H]3[C@@H](O)[C@@H](O)C(C)(C)[C@H](CC(=O)OC)[C@@]3(C)C2=O)[C@@H](O)[C@@]1(C)[C@@H](O)c1ccoc1. The molecule has 0 radical (unpaired) electrons. The van der Waals surface area contributed by atoms with Gasteiger partial charge in [-0.1, -0.05) is 20.8 Å². The molecular formula is C28H38O11. The number of carbonyl (C=O) groups excluding carboxylic acids is 3. The van der Waals surface area contributed by atoms with Crippen molar-refractivity contribution in [3.63, 3.8) is 0 Å². The van der Waals surface area contributed by atoms with Crippen LogP contribution < -0.4 is 0 Å². The van der Waals surface area contributed by atoms with Crippen molar-refractivity contribution < 1.29 is 53.4 Å². The second-order valence-electron chi connectivity index (χ2n) is 12.0. The van der Waals surface area contributed by atoms with E-state index in [0.717, 1.165) is 0 Å². The van der Waals surface area contributed by atoms with Crippen molar-refractivity contribution in [3.8, 4) is 0 Å².